The summed E-state index contributed by atoms with van der Waals surface area (Å²) in [5.74, 6) is -0.983. The Morgan fingerprint density at radius 3 is 2.88 bits per heavy atom. The van der Waals surface area contributed by atoms with Crippen molar-refractivity contribution in [1.82, 2.24) is 25.2 Å². The molecule has 8 heteroatoms. The van der Waals surface area contributed by atoms with Gasteiger partial charge in [0.05, 0.1) is 0 Å². The van der Waals surface area contributed by atoms with Crippen LogP contribution in [0, 0.1) is 0 Å². The highest BCUT2D eigenvalue weighted by molar-refractivity contribution is 7.99. The Morgan fingerprint density at radius 1 is 1.44 bits per heavy atom. The van der Waals surface area contributed by atoms with Gasteiger partial charge in [0.25, 0.3) is 0 Å². The van der Waals surface area contributed by atoms with Gasteiger partial charge in [-0.15, -0.1) is 5.10 Å². The van der Waals surface area contributed by atoms with Crippen LogP contribution in [0.15, 0.2) is 34.6 Å². The smallest absolute Gasteiger partial charge is 0.325 e. The molecule has 0 saturated heterocycles. The van der Waals surface area contributed by atoms with Gasteiger partial charge in [-0.25, -0.2) is 4.68 Å². The van der Waals surface area contributed by atoms with E-state index >= 15 is 0 Å². The molecule has 0 aliphatic heterocycles. The molecule has 0 spiro atoms. The third-order valence-electron chi connectivity index (χ3n) is 1.64. The van der Waals surface area contributed by atoms with Crippen molar-refractivity contribution < 1.29 is 9.90 Å². The normalized spacial score (nSPS) is 10.2. The molecular weight excluding hydrogens is 230 g/mol. The van der Waals surface area contributed by atoms with Crippen LogP contribution in [0.5, 0.6) is 0 Å². The molecule has 2 rings (SSSR count). The van der Waals surface area contributed by atoms with Crippen LogP contribution < -0.4 is 0 Å². The van der Waals surface area contributed by atoms with Crippen molar-refractivity contribution >= 4 is 17.7 Å². The number of nitrogens with zero attached hydrogens (tertiary/aromatic N) is 5. The minimum Gasteiger partial charge on any atom is -0.480 e. The predicted octanol–water partition coefficient (Wildman–Crippen LogP) is 0.304. The lowest BCUT2D eigenvalue weighted by Gasteiger charge is -2.00. The van der Waals surface area contributed by atoms with Gasteiger partial charge in [0.1, 0.15) is 6.54 Å². The second-order valence-electron chi connectivity index (χ2n) is 2.80. The second kappa shape index (κ2) is 4.71. The topological polar surface area (TPSA) is 93.8 Å². The molecule has 0 aliphatic carbocycles. The monoisotopic (exact) mass is 237 g/mol. The molecule has 2 aromatic heterocycles. The molecule has 1 N–H and O–H groups in total. The maximum atomic E-state index is 10.5. The van der Waals surface area contributed by atoms with Crippen LogP contribution in [-0.4, -0.2) is 36.3 Å². The molecule has 0 fully saturated rings. The van der Waals surface area contributed by atoms with E-state index in [4.69, 9.17) is 5.11 Å². The Labute approximate surface area is 94.5 Å². The van der Waals surface area contributed by atoms with Crippen LogP contribution in [0.2, 0.25) is 0 Å². The number of aromatic nitrogens is 5. The number of hydrogen-bond donors (Lipinski definition) is 1. The summed E-state index contributed by atoms with van der Waals surface area (Å²) in [6.45, 7) is -0.250. The van der Waals surface area contributed by atoms with Crippen LogP contribution >= 0.6 is 11.8 Å². The minimum atomic E-state index is -0.983. The second-order valence-corrected chi connectivity index (χ2v) is 3.84. The highest BCUT2D eigenvalue weighted by atomic mass is 32.2. The lowest BCUT2D eigenvalue weighted by atomic mass is 10.5. The standard InChI is InChI=1S/C8H7N5O2S/c14-7(15)5-13-8(10-11-12-13)16-6-1-3-9-4-2-6/h1-4H,5H2,(H,14,15). The molecule has 0 aliphatic rings. The maximum absolute atomic E-state index is 10.5. The fourth-order valence-corrected chi connectivity index (χ4v) is 1.76. The zero-order valence-electron chi connectivity index (χ0n) is 8.02. The van der Waals surface area contributed by atoms with E-state index in [2.05, 4.69) is 20.5 Å². The first-order chi connectivity index (χ1) is 7.75. The summed E-state index contributed by atoms with van der Waals surface area (Å²) in [6, 6.07) is 3.59. The van der Waals surface area contributed by atoms with Crippen molar-refractivity contribution in [2.24, 2.45) is 0 Å². The number of hydrogen-bond acceptors (Lipinski definition) is 6. The van der Waals surface area contributed by atoms with E-state index in [1.54, 1.807) is 24.5 Å². The van der Waals surface area contributed by atoms with Crippen molar-refractivity contribution in [3.8, 4) is 0 Å². The van der Waals surface area contributed by atoms with Crippen molar-refractivity contribution in [2.45, 2.75) is 16.6 Å². The largest absolute Gasteiger partial charge is 0.480 e. The first kappa shape index (κ1) is 10.6. The van der Waals surface area contributed by atoms with Crippen LogP contribution in [0.25, 0.3) is 0 Å². The molecule has 0 unspecified atom stereocenters. The summed E-state index contributed by atoms with van der Waals surface area (Å²) < 4.78 is 1.23. The summed E-state index contributed by atoms with van der Waals surface area (Å²) in [7, 11) is 0. The van der Waals surface area contributed by atoms with Crippen molar-refractivity contribution in [2.75, 3.05) is 0 Å². The minimum absolute atomic E-state index is 0.250. The van der Waals surface area contributed by atoms with Gasteiger partial charge in [0.2, 0.25) is 5.16 Å². The van der Waals surface area contributed by atoms with Gasteiger partial charge in [-0.2, -0.15) is 0 Å². The number of pyridine rings is 1. The van der Waals surface area contributed by atoms with Gasteiger partial charge in [0, 0.05) is 17.3 Å². The van der Waals surface area contributed by atoms with E-state index in [0.717, 1.165) is 4.90 Å². The zero-order chi connectivity index (χ0) is 11.4. The van der Waals surface area contributed by atoms with Crippen molar-refractivity contribution in [1.29, 1.82) is 0 Å². The van der Waals surface area contributed by atoms with Gasteiger partial charge in [-0.3, -0.25) is 9.78 Å². The Bertz CT molecular complexity index is 486. The van der Waals surface area contributed by atoms with Gasteiger partial charge in [-0.05, 0) is 34.3 Å². The van der Waals surface area contributed by atoms with Gasteiger partial charge in [0.15, 0.2) is 0 Å². The predicted molar refractivity (Wildman–Crippen MR) is 53.8 cm³/mol. The number of carbonyl (C=O) groups is 1. The average Bonchev–Trinajstić information content (AvgIpc) is 2.66. The van der Waals surface area contributed by atoms with Crippen LogP contribution in [0.3, 0.4) is 0 Å². The van der Waals surface area contributed by atoms with E-state index in [-0.39, 0.29) is 6.54 Å². The van der Waals surface area contributed by atoms with E-state index in [0.29, 0.717) is 5.16 Å². The number of tetrazole rings is 1. The zero-order valence-corrected chi connectivity index (χ0v) is 8.83. The summed E-state index contributed by atoms with van der Waals surface area (Å²) in [6.07, 6.45) is 3.29. The number of carboxylic acids is 1. The number of aliphatic carboxylic acids is 1. The molecule has 0 radical (unpaired) electrons. The molecule has 2 aromatic rings. The third kappa shape index (κ3) is 2.54. The van der Waals surface area contributed by atoms with E-state index < -0.39 is 5.97 Å². The molecular formula is C8H7N5O2S. The molecule has 16 heavy (non-hydrogen) atoms. The summed E-state index contributed by atoms with van der Waals surface area (Å²) in [5.41, 5.74) is 0. The third-order valence-corrected chi connectivity index (χ3v) is 2.63. The molecule has 7 nitrogen and oxygen atoms in total. The van der Waals surface area contributed by atoms with Gasteiger partial charge >= 0.3 is 5.97 Å². The first-order valence-corrected chi connectivity index (χ1v) is 5.13. The lowest BCUT2D eigenvalue weighted by molar-refractivity contribution is -0.138. The summed E-state index contributed by atoms with van der Waals surface area (Å²) in [4.78, 5) is 15.3. The highest BCUT2D eigenvalue weighted by Gasteiger charge is 2.10. The van der Waals surface area contributed by atoms with Crippen LogP contribution in [0.1, 0.15) is 0 Å². The quantitative estimate of drug-likeness (QED) is 0.817. The summed E-state index contributed by atoms with van der Waals surface area (Å²) >= 11 is 1.29. The van der Waals surface area contributed by atoms with E-state index in [9.17, 15) is 4.79 Å². The maximum Gasteiger partial charge on any atom is 0.325 e. The van der Waals surface area contributed by atoms with E-state index in [1.165, 1.54) is 16.4 Å². The first-order valence-electron chi connectivity index (χ1n) is 4.31. The molecule has 0 bridgehead atoms. The van der Waals surface area contributed by atoms with Gasteiger partial charge in [-0.1, -0.05) is 0 Å². The Balaban J connectivity index is 2.16. The van der Waals surface area contributed by atoms with E-state index in [1.807, 2.05) is 0 Å². The molecule has 82 valence electrons. The summed E-state index contributed by atoms with van der Waals surface area (Å²) in [5, 5.41) is 19.8. The Kier molecular flexibility index (Phi) is 3.10. The molecule has 0 atom stereocenters. The van der Waals surface area contributed by atoms with Crippen LogP contribution in [0.4, 0.5) is 0 Å². The Morgan fingerprint density at radius 2 is 2.19 bits per heavy atom. The fourth-order valence-electron chi connectivity index (χ4n) is 1.01. The SMILES string of the molecule is O=C(O)Cn1nnnc1Sc1ccncc1. The lowest BCUT2D eigenvalue weighted by Crippen LogP contribution is -2.11. The molecule has 0 aromatic carbocycles. The van der Waals surface area contributed by atoms with Gasteiger partial charge < -0.3 is 5.11 Å². The highest BCUT2D eigenvalue weighted by Crippen LogP contribution is 2.23. The average molecular weight is 237 g/mol. The molecule has 0 saturated carbocycles. The molecule has 0 amide bonds. The van der Waals surface area contributed by atoms with Crippen LogP contribution in [-0.2, 0) is 11.3 Å². The van der Waals surface area contributed by atoms with Crippen molar-refractivity contribution in [3.05, 3.63) is 24.5 Å². The van der Waals surface area contributed by atoms with Crippen molar-refractivity contribution in [3.63, 3.8) is 0 Å². The number of carboxylic acid groups (broad SMARTS) is 1. The molecule has 2 heterocycles. The Hall–Kier alpha value is -1.96. The number of rotatable bonds is 4. The fraction of sp³-hybridized carbons (Fsp3) is 0.125.